The van der Waals surface area contributed by atoms with Crippen molar-refractivity contribution in [2.75, 3.05) is 39.3 Å². The van der Waals surface area contributed by atoms with E-state index in [0.717, 1.165) is 12.5 Å². The normalized spacial score (nSPS) is 14.1. The highest BCUT2D eigenvalue weighted by Crippen LogP contribution is 2.27. The van der Waals surface area contributed by atoms with Gasteiger partial charge in [-0.05, 0) is 39.2 Å². The second-order valence-electron chi connectivity index (χ2n) is 4.73. The van der Waals surface area contributed by atoms with Crippen molar-refractivity contribution in [1.29, 1.82) is 5.26 Å². The molecule has 5 nitrogen and oxygen atoms in total. The van der Waals surface area contributed by atoms with Crippen LogP contribution in [0.15, 0.2) is 0 Å². The molecule has 0 aromatic heterocycles. The summed E-state index contributed by atoms with van der Waals surface area (Å²) in [4.78, 5) is 15.4. The number of nitriles is 1. The molecule has 0 spiro atoms. The van der Waals surface area contributed by atoms with E-state index < -0.39 is 0 Å². The summed E-state index contributed by atoms with van der Waals surface area (Å²) in [6.45, 7) is 7.94. The van der Waals surface area contributed by atoms with Crippen LogP contribution in [0, 0.1) is 17.4 Å². The van der Waals surface area contributed by atoms with Crippen LogP contribution in [0.1, 0.15) is 26.7 Å². The molecular weight excluding hydrogens is 228 g/mol. The minimum atomic E-state index is 0.132. The van der Waals surface area contributed by atoms with E-state index in [0.29, 0.717) is 32.7 Å². The van der Waals surface area contributed by atoms with Gasteiger partial charge < -0.3 is 15.1 Å². The van der Waals surface area contributed by atoms with Crippen LogP contribution < -0.4 is 5.32 Å². The van der Waals surface area contributed by atoms with Crippen molar-refractivity contribution in [3.63, 3.8) is 0 Å². The third kappa shape index (κ3) is 5.37. The molecule has 1 saturated carbocycles. The van der Waals surface area contributed by atoms with Gasteiger partial charge in [-0.25, -0.2) is 0 Å². The molecule has 1 amide bonds. The predicted molar refractivity (Wildman–Crippen MR) is 70.7 cm³/mol. The van der Waals surface area contributed by atoms with Crippen molar-refractivity contribution in [2.24, 2.45) is 5.92 Å². The Morgan fingerprint density at radius 2 is 2.06 bits per heavy atom. The first-order valence-corrected chi connectivity index (χ1v) is 6.84. The Morgan fingerprint density at radius 1 is 1.33 bits per heavy atom. The van der Waals surface area contributed by atoms with Crippen molar-refractivity contribution in [1.82, 2.24) is 15.1 Å². The SMILES string of the molecule is CCN(C#N)CCN(CC)C(=O)CNCC1CC1. The molecule has 0 heterocycles. The summed E-state index contributed by atoms with van der Waals surface area (Å²) in [7, 11) is 0. The summed E-state index contributed by atoms with van der Waals surface area (Å²) in [6.07, 6.45) is 4.71. The number of nitrogens with zero attached hydrogens (tertiary/aromatic N) is 3. The summed E-state index contributed by atoms with van der Waals surface area (Å²) in [5.74, 6) is 0.925. The summed E-state index contributed by atoms with van der Waals surface area (Å²) >= 11 is 0. The standard InChI is InChI=1S/C13H24N4O/c1-3-16(11-14)7-8-17(4-2)13(18)10-15-9-12-5-6-12/h12,15H,3-10H2,1-2H3. The van der Waals surface area contributed by atoms with Gasteiger partial charge in [0.2, 0.25) is 5.91 Å². The van der Waals surface area contributed by atoms with Gasteiger partial charge in [-0.2, -0.15) is 5.26 Å². The van der Waals surface area contributed by atoms with Crippen molar-refractivity contribution < 1.29 is 4.79 Å². The highest BCUT2D eigenvalue weighted by Gasteiger charge is 2.21. The number of rotatable bonds is 9. The van der Waals surface area contributed by atoms with Crippen molar-refractivity contribution in [3.05, 3.63) is 0 Å². The summed E-state index contributed by atoms with van der Waals surface area (Å²) in [6, 6.07) is 0. The largest absolute Gasteiger partial charge is 0.340 e. The number of hydrogen-bond acceptors (Lipinski definition) is 4. The fraction of sp³-hybridized carbons (Fsp3) is 0.846. The molecular formula is C13H24N4O. The van der Waals surface area contributed by atoms with E-state index in [1.54, 1.807) is 9.80 Å². The molecule has 5 heteroatoms. The molecule has 0 aromatic rings. The van der Waals surface area contributed by atoms with Crippen molar-refractivity contribution in [3.8, 4) is 6.19 Å². The zero-order valence-electron chi connectivity index (χ0n) is 11.5. The summed E-state index contributed by atoms with van der Waals surface area (Å²) < 4.78 is 0. The van der Waals surface area contributed by atoms with Crippen molar-refractivity contribution >= 4 is 5.91 Å². The molecule has 1 aliphatic rings. The number of carbonyl (C=O) groups excluding carboxylic acids is 1. The maximum absolute atomic E-state index is 11.9. The lowest BCUT2D eigenvalue weighted by Gasteiger charge is -2.23. The quantitative estimate of drug-likeness (QED) is 0.483. The average Bonchev–Trinajstić information content (AvgIpc) is 3.19. The number of amides is 1. The lowest BCUT2D eigenvalue weighted by Crippen LogP contribution is -2.42. The van der Waals surface area contributed by atoms with Gasteiger partial charge in [-0.3, -0.25) is 4.79 Å². The zero-order chi connectivity index (χ0) is 13.4. The number of hydrogen-bond donors (Lipinski definition) is 1. The van der Waals surface area contributed by atoms with Crippen LogP contribution >= 0.6 is 0 Å². The third-order valence-corrected chi connectivity index (χ3v) is 3.30. The first-order valence-electron chi connectivity index (χ1n) is 6.84. The van der Waals surface area contributed by atoms with Crippen LogP contribution in [0.3, 0.4) is 0 Å². The van der Waals surface area contributed by atoms with E-state index >= 15 is 0 Å². The maximum atomic E-state index is 11.9. The van der Waals surface area contributed by atoms with Gasteiger partial charge >= 0.3 is 0 Å². The Labute approximate surface area is 110 Å². The molecule has 0 aromatic carbocycles. The van der Waals surface area contributed by atoms with Gasteiger partial charge in [-0.1, -0.05) is 0 Å². The van der Waals surface area contributed by atoms with Gasteiger partial charge in [0.25, 0.3) is 0 Å². The van der Waals surface area contributed by atoms with Gasteiger partial charge in [0, 0.05) is 26.2 Å². The average molecular weight is 252 g/mol. The molecule has 1 aliphatic carbocycles. The topological polar surface area (TPSA) is 59.4 Å². The molecule has 1 rings (SSSR count). The monoisotopic (exact) mass is 252 g/mol. The predicted octanol–water partition coefficient (Wildman–Crippen LogP) is 0.637. The summed E-state index contributed by atoms with van der Waals surface area (Å²) in [5, 5.41) is 12.0. The highest BCUT2D eigenvalue weighted by molar-refractivity contribution is 5.78. The van der Waals surface area contributed by atoms with E-state index in [-0.39, 0.29) is 5.91 Å². The Kier molecular flexibility index (Phi) is 6.51. The molecule has 0 unspecified atom stereocenters. The fourth-order valence-corrected chi connectivity index (χ4v) is 1.80. The lowest BCUT2D eigenvalue weighted by molar-refractivity contribution is -0.130. The van der Waals surface area contributed by atoms with Crippen LogP contribution in [0.4, 0.5) is 0 Å². The highest BCUT2D eigenvalue weighted by atomic mass is 16.2. The van der Waals surface area contributed by atoms with E-state index in [9.17, 15) is 4.79 Å². The number of nitrogens with one attached hydrogen (secondary N) is 1. The zero-order valence-corrected chi connectivity index (χ0v) is 11.5. The van der Waals surface area contributed by atoms with Gasteiger partial charge in [-0.15, -0.1) is 0 Å². The van der Waals surface area contributed by atoms with E-state index in [1.165, 1.54) is 12.8 Å². The number of carbonyl (C=O) groups is 1. The molecule has 0 bridgehead atoms. The van der Waals surface area contributed by atoms with Crippen molar-refractivity contribution in [2.45, 2.75) is 26.7 Å². The van der Waals surface area contributed by atoms with Gasteiger partial charge in [0.1, 0.15) is 0 Å². The fourth-order valence-electron chi connectivity index (χ4n) is 1.80. The third-order valence-electron chi connectivity index (χ3n) is 3.30. The molecule has 1 N–H and O–H groups in total. The van der Waals surface area contributed by atoms with E-state index in [2.05, 4.69) is 11.5 Å². The number of likely N-dealkylation sites (N-methyl/N-ethyl adjacent to an activating group) is 2. The Bertz CT molecular complexity index is 296. The van der Waals surface area contributed by atoms with E-state index in [4.69, 9.17) is 5.26 Å². The molecule has 102 valence electrons. The molecule has 18 heavy (non-hydrogen) atoms. The van der Waals surface area contributed by atoms with Gasteiger partial charge in [0.15, 0.2) is 6.19 Å². The first kappa shape index (κ1) is 14.8. The maximum Gasteiger partial charge on any atom is 0.236 e. The molecule has 1 fully saturated rings. The van der Waals surface area contributed by atoms with Crippen LogP contribution in [0.2, 0.25) is 0 Å². The minimum Gasteiger partial charge on any atom is -0.340 e. The molecule has 0 saturated heterocycles. The summed E-state index contributed by atoms with van der Waals surface area (Å²) in [5.41, 5.74) is 0. The van der Waals surface area contributed by atoms with Crippen LogP contribution in [-0.2, 0) is 4.79 Å². The van der Waals surface area contributed by atoms with Gasteiger partial charge in [0.05, 0.1) is 6.54 Å². The van der Waals surface area contributed by atoms with Crippen LogP contribution in [0.5, 0.6) is 0 Å². The smallest absolute Gasteiger partial charge is 0.236 e. The second-order valence-corrected chi connectivity index (χ2v) is 4.73. The Balaban J connectivity index is 2.20. The Morgan fingerprint density at radius 3 is 2.56 bits per heavy atom. The minimum absolute atomic E-state index is 0.132. The van der Waals surface area contributed by atoms with E-state index in [1.807, 2.05) is 13.8 Å². The van der Waals surface area contributed by atoms with Crippen LogP contribution in [-0.4, -0.2) is 55.0 Å². The lowest BCUT2D eigenvalue weighted by atomic mass is 10.4. The molecule has 0 aliphatic heterocycles. The van der Waals surface area contributed by atoms with Crippen LogP contribution in [0.25, 0.3) is 0 Å². The molecule has 0 radical (unpaired) electrons. The Hall–Kier alpha value is -1.28. The first-order chi connectivity index (χ1) is 8.71. The molecule has 0 atom stereocenters. The second kappa shape index (κ2) is 7.93.